The molecule has 2 atom stereocenters. The minimum Gasteiger partial charge on any atom is -0.373 e. The van der Waals surface area contributed by atoms with E-state index in [-0.39, 0.29) is 17.3 Å². The van der Waals surface area contributed by atoms with Crippen LogP contribution in [0.25, 0.3) is 11.0 Å². The summed E-state index contributed by atoms with van der Waals surface area (Å²) in [5.74, 6) is 0. The fourth-order valence-corrected chi connectivity index (χ4v) is 3.08. The van der Waals surface area contributed by atoms with E-state index < -0.39 is 0 Å². The van der Waals surface area contributed by atoms with Crippen LogP contribution in [0.4, 0.5) is 0 Å². The van der Waals surface area contributed by atoms with Gasteiger partial charge >= 0.3 is 5.69 Å². The molecule has 1 aromatic heterocycles. The Morgan fingerprint density at radius 1 is 1.37 bits per heavy atom. The van der Waals surface area contributed by atoms with Gasteiger partial charge in [-0.15, -0.1) is 0 Å². The number of nitrogens with one attached hydrogen (secondary N) is 3. The van der Waals surface area contributed by atoms with E-state index in [1.165, 1.54) is 0 Å². The number of rotatable bonds is 3. The van der Waals surface area contributed by atoms with Crippen LogP contribution in [0.1, 0.15) is 31.4 Å². The molecule has 1 aliphatic rings. The Morgan fingerprint density at radius 3 is 2.84 bits per heavy atom. The molecule has 2 unspecified atom stereocenters. The number of likely N-dealkylation sites (N-methyl/N-ethyl adjacent to an activating group) is 1. The molecule has 0 bridgehead atoms. The van der Waals surface area contributed by atoms with Gasteiger partial charge in [-0.05, 0) is 44.5 Å². The molecule has 0 saturated carbocycles. The van der Waals surface area contributed by atoms with Crippen molar-refractivity contribution < 1.29 is 4.74 Å². The second kappa shape index (κ2) is 4.51. The largest absolute Gasteiger partial charge is 0.373 e. The summed E-state index contributed by atoms with van der Waals surface area (Å²) in [5.41, 5.74) is 2.45. The highest BCUT2D eigenvalue weighted by molar-refractivity contribution is 5.75. The van der Waals surface area contributed by atoms with Crippen molar-refractivity contribution in [3.05, 3.63) is 34.2 Å². The van der Waals surface area contributed by atoms with Crippen molar-refractivity contribution in [2.75, 3.05) is 13.7 Å². The van der Waals surface area contributed by atoms with Crippen LogP contribution in [0.3, 0.4) is 0 Å². The highest BCUT2D eigenvalue weighted by atomic mass is 16.5. The first-order chi connectivity index (χ1) is 9.12. The van der Waals surface area contributed by atoms with E-state index >= 15 is 0 Å². The monoisotopic (exact) mass is 261 g/mol. The SMILES string of the molecule is CNC(c1ccc2[nH]c(=O)[nH]c2c1)C1(C)CCCO1. The van der Waals surface area contributed by atoms with Gasteiger partial charge in [0.1, 0.15) is 0 Å². The van der Waals surface area contributed by atoms with E-state index in [4.69, 9.17) is 4.74 Å². The van der Waals surface area contributed by atoms with Gasteiger partial charge in [0.05, 0.1) is 22.7 Å². The van der Waals surface area contributed by atoms with Crippen LogP contribution in [0.5, 0.6) is 0 Å². The van der Waals surface area contributed by atoms with E-state index in [0.717, 1.165) is 36.0 Å². The van der Waals surface area contributed by atoms with E-state index in [0.29, 0.717) is 0 Å². The summed E-state index contributed by atoms with van der Waals surface area (Å²) in [6.07, 6.45) is 2.14. The molecule has 3 rings (SSSR count). The summed E-state index contributed by atoms with van der Waals surface area (Å²) in [4.78, 5) is 16.9. The average molecular weight is 261 g/mol. The molecule has 0 aliphatic carbocycles. The fraction of sp³-hybridized carbons (Fsp3) is 0.500. The number of fused-ring (bicyclic) bond motifs is 1. The van der Waals surface area contributed by atoms with Gasteiger partial charge in [-0.25, -0.2) is 4.79 Å². The zero-order valence-corrected chi connectivity index (χ0v) is 11.2. The van der Waals surface area contributed by atoms with Crippen LogP contribution in [0.2, 0.25) is 0 Å². The molecule has 0 spiro atoms. The number of aromatic nitrogens is 2. The van der Waals surface area contributed by atoms with Gasteiger partial charge in [0.25, 0.3) is 0 Å². The molecule has 2 heterocycles. The Balaban J connectivity index is 2.03. The molecule has 5 heteroatoms. The quantitative estimate of drug-likeness (QED) is 0.787. The normalized spacial score (nSPS) is 24.9. The first kappa shape index (κ1) is 12.4. The molecule has 102 valence electrons. The summed E-state index contributed by atoms with van der Waals surface area (Å²) in [5, 5.41) is 3.35. The Hall–Kier alpha value is -1.59. The zero-order chi connectivity index (χ0) is 13.5. The standard InChI is InChI=1S/C14H19N3O2/c1-14(6-3-7-19-14)12(15-2)9-4-5-10-11(8-9)17-13(18)16-10/h4-5,8,12,15H,3,6-7H2,1-2H3,(H2,16,17,18). The minimum absolute atomic E-state index is 0.123. The van der Waals surface area contributed by atoms with Gasteiger partial charge in [-0.3, -0.25) is 0 Å². The zero-order valence-electron chi connectivity index (χ0n) is 11.2. The lowest BCUT2D eigenvalue weighted by molar-refractivity contribution is -0.0104. The van der Waals surface area contributed by atoms with Crippen molar-refractivity contribution in [3.63, 3.8) is 0 Å². The van der Waals surface area contributed by atoms with Crippen LogP contribution in [0, 0.1) is 0 Å². The first-order valence-corrected chi connectivity index (χ1v) is 6.65. The molecule has 0 amide bonds. The smallest absolute Gasteiger partial charge is 0.323 e. The summed E-state index contributed by atoms with van der Waals surface area (Å²) in [6, 6.07) is 6.12. The Morgan fingerprint density at radius 2 is 2.16 bits per heavy atom. The van der Waals surface area contributed by atoms with Crippen LogP contribution in [0.15, 0.2) is 23.0 Å². The van der Waals surface area contributed by atoms with Crippen molar-refractivity contribution in [1.82, 2.24) is 15.3 Å². The van der Waals surface area contributed by atoms with Gasteiger partial charge in [0.15, 0.2) is 0 Å². The molecule has 1 saturated heterocycles. The summed E-state index contributed by atoms with van der Waals surface area (Å²) in [7, 11) is 1.95. The maximum Gasteiger partial charge on any atom is 0.323 e. The van der Waals surface area contributed by atoms with E-state index in [9.17, 15) is 4.79 Å². The molecule has 1 aliphatic heterocycles. The molecule has 1 fully saturated rings. The third-order valence-electron chi connectivity index (χ3n) is 4.02. The Bertz CT molecular complexity index is 637. The van der Waals surface area contributed by atoms with E-state index in [1.807, 2.05) is 25.2 Å². The highest BCUT2D eigenvalue weighted by Crippen LogP contribution is 2.37. The number of aromatic amines is 2. The van der Waals surface area contributed by atoms with Gasteiger partial charge < -0.3 is 20.0 Å². The highest BCUT2D eigenvalue weighted by Gasteiger charge is 2.38. The molecular formula is C14H19N3O2. The number of hydrogen-bond acceptors (Lipinski definition) is 3. The topological polar surface area (TPSA) is 69.9 Å². The maximum absolute atomic E-state index is 11.3. The fourth-order valence-electron chi connectivity index (χ4n) is 3.08. The number of ether oxygens (including phenoxy) is 1. The van der Waals surface area contributed by atoms with E-state index in [2.05, 4.69) is 22.2 Å². The van der Waals surface area contributed by atoms with Crippen molar-refractivity contribution in [2.45, 2.75) is 31.4 Å². The van der Waals surface area contributed by atoms with Crippen LogP contribution >= 0.6 is 0 Å². The van der Waals surface area contributed by atoms with Crippen molar-refractivity contribution in [2.24, 2.45) is 0 Å². The second-order valence-corrected chi connectivity index (χ2v) is 5.37. The lowest BCUT2D eigenvalue weighted by atomic mass is 9.87. The van der Waals surface area contributed by atoms with E-state index in [1.54, 1.807) is 0 Å². The van der Waals surface area contributed by atoms with Gasteiger partial charge in [0, 0.05) is 6.61 Å². The molecule has 0 radical (unpaired) electrons. The maximum atomic E-state index is 11.3. The van der Waals surface area contributed by atoms with Gasteiger partial charge in [0.2, 0.25) is 0 Å². The molecular weight excluding hydrogens is 242 g/mol. The van der Waals surface area contributed by atoms with Crippen LogP contribution < -0.4 is 11.0 Å². The first-order valence-electron chi connectivity index (χ1n) is 6.65. The number of hydrogen-bond donors (Lipinski definition) is 3. The Kier molecular flexibility index (Phi) is 2.95. The molecule has 3 N–H and O–H groups in total. The molecule has 2 aromatic rings. The Labute approximate surface area is 111 Å². The number of imidazole rings is 1. The van der Waals surface area contributed by atoms with Crippen LogP contribution in [-0.2, 0) is 4.74 Å². The minimum atomic E-state index is -0.182. The predicted octanol–water partition coefficient (Wildman–Crippen LogP) is 1.69. The van der Waals surface area contributed by atoms with Crippen molar-refractivity contribution in [1.29, 1.82) is 0 Å². The van der Waals surface area contributed by atoms with Gasteiger partial charge in [-0.2, -0.15) is 0 Å². The third kappa shape index (κ3) is 2.09. The summed E-state index contributed by atoms with van der Waals surface area (Å²) >= 11 is 0. The van der Waals surface area contributed by atoms with Crippen molar-refractivity contribution >= 4 is 11.0 Å². The molecule has 19 heavy (non-hydrogen) atoms. The lowest BCUT2D eigenvalue weighted by Crippen LogP contribution is -2.39. The average Bonchev–Trinajstić information content (AvgIpc) is 2.95. The predicted molar refractivity (Wildman–Crippen MR) is 74.3 cm³/mol. The third-order valence-corrected chi connectivity index (χ3v) is 4.02. The number of benzene rings is 1. The van der Waals surface area contributed by atoms with Crippen molar-refractivity contribution in [3.8, 4) is 0 Å². The summed E-state index contributed by atoms with van der Waals surface area (Å²) in [6.45, 7) is 2.96. The lowest BCUT2D eigenvalue weighted by Gasteiger charge is -2.33. The second-order valence-electron chi connectivity index (χ2n) is 5.37. The molecule has 1 aromatic carbocycles. The summed E-state index contributed by atoms with van der Waals surface area (Å²) < 4.78 is 5.92. The number of H-pyrrole nitrogens is 2. The molecule has 5 nitrogen and oxygen atoms in total. The van der Waals surface area contributed by atoms with Gasteiger partial charge in [-0.1, -0.05) is 6.07 Å². The van der Waals surface area contributed by atoms with Crippen LogP contribution in [-0.4, -0.2) is 29.2 Å².